The molecule has 1 saturated heterocycles. The van der Waals surface area contributed by atoms with Gasteiger partial charge in [0.1, 0.15) is 5.76 Å². The van der Waals surface area contributed by atoms with Gasteiger partial charge in [0, 0.05) is 32.2 Å². The number of fused-ring (bicyclic) bond motifs is 1. The number of piperazine rings is 1. The van der Waals surface area contributed by atoms with E-state index in [1.807, 2.05) is 19.1 Å². The second-order valence-corrected chi connectivity index (χ2v) is 7.53. The molecule has 130 valence electrons. The lowest BCUT2D eigenvalue weighted by Crippen LogP contribution is -2.48. The molecule has 0 atom stereocenters. The van der Waals surface area contributed by atoms with Gasteiger partial charge in [-0.25, -0.2) is 4.98 Å². The molecule has 6 nitrogen and oxygen atoms in total. The van der Waals surface area contributed by atoms with Gasteiger partial charge in [0.15, 0.2) is 10.8 Å². The molecule has 8 heteroatoms. The summed E-state index contributed by atoms with van der Waals surface area (Å²) in [5.74, 6) is 0.559. The molecule has 1 amide bonds. The molecule has 25 heavy (non-hydrogen) atoms. The first-order chi connectivity index (χ1) is 12.0. The van der Waals surface area contributed by atoms with Crippen LogP contribution in [0.4, 0.5) is 5.13 Å². The average Bonchev–Trinajstić information content (AvgIpc) is 3.25. The zero-order valence-corrected chi connectivity index (χ0v) is 15.5. The third-order valence-corrected chi connectivity index (χ3v) is 5.95. The summed E-state index contributed by atoms with van der Waals surface area (Å²) < 4.78 is 6.02. The second kappa shape index (κ2) is 6.31. The van der Waals surface area contributed by atoms with Gasteiger partial charge < -0.3 is 14.3 Å². The minimum atomic E-state index is -0.0836. The number of aromatic nitrogens is 2. The summed E-state index contributed by atoms with van der Waals surface area (Å²) in [7, 11) is 0. The largest absolute Gasteiger partial charge is 0.361 e. The molecule has 3 aromatic rings. The minimum Gasteiger partial charge on any atom is -0.361 e. The summed E-state index contributed by atoms with van der Waals surface area (Å²) in [6.07, 6.45) is 0. The van der Waals surface area contributed by atoms with E-state index in [2.05, 4.69) is 10.1 Å². The number of aryl methyl sites for hydroxylation is 2. The first kappa shape index (κ1) is 16.4. The summed E-state index contributed by atoms with van der Waals surface area (Å²) in [5, 5.41) is 5.50. The SMILES string of the molecule is Cc1cc(C(=O)N2CCN(c3nc4c(C)ccc(Cl)c4s3)CC2)no1. The molecule has 0 unspecified atom stereocenters. The normalized spacial score (nSPS) is 15.2. The van der Waals surface area contributed by atoms with E-state index in [1.165, 1.54) is 0 Å². The van der Waals surface area contributed by atoms with E-state index in [1.54, 1.807) is 29.2 Å². The van der Waals surface area contributed by atoms with Crippen molar-refractivity contribution >= 4 is 44.2 Å². The second-order valence-electron chi connectivity index (χ2n) is 6.14. The molecule has 4 rings (SSSR count). The number of hydrogen-bond donors (Lipinski definition) is 0. The lowest BCUT2D eigenvalue weighted by Gasteiger charge is -2.34. The van der Waals surface area contributed by atoms with Gasteiger partial charge in [-0.2, -0.15) is 0 Å². The molecule has 0 spiro atoms. The number of rotatable bonds is 2. The van der Waals surface area contributed by atoms with Crippen molar-refractivity contribution in [1.82, 2.24) is 15.0 Å². The van der Waals surface area contributed by atoms with Crippen molar-refractivity contribution in [3.05, 3.63) is 40.2 Å². The molecule has 0 bridgehead atoms. The number of nitrogens with zero attached hydrogens (tertiary/aromatic N) is 4. The molecule has 2 aromatic heterocycles. The van der Waals surface area contributed by atoms with Gasteiger partial charge >= 0.3 is 0 Å². The third-order valence-electron chi connectivity index (χ3n) is 4.37. The number of carbonyl (C=O) groups is 1. The number of amides is 1. The van der Waals surface area contributed by atoms with Crippen LogP contribution < -0.4 is 4.90 Å². The molecular weight excluding hydrogens is 360 g/mol. The standard InChI is InChI=1S/C17H17ClN4O2S/c1-10-3-4-12(18)15-14(10)19-17(25-15)22-7-5-21(6-8-22)16(23)13-9-11(2)24-20-13/h3-4,9H,5-8H2,1-2H3. The van der Waals surface area contributed by atoms with Crippen LogP contribution in [-0.4, -0.2) is 47.1 Å². The maximum absolute atomic E-state index is 12.4. The predicted molar refractivity (Wildman–Crippen MR) is 98.7 cm³/mol. The average molecular weight is 377 g/mol. The summed E-state index contributed by atoms with van der Waals surface area (Å²) in [4.78, 5) is 21.2. The molecule has 0 N–H and O–H groups in total. The Bertz CT molecular complexity index is 904. The highest BCUT2D eigenvalue weighted by atomic mass is 35.5. The van der Waals surface area contributed by atoms with Gasteiger partial charge in [-0.3, -0.25) is 4.79 Å². The first-order valence-corrected chi connectivity index (χ1v) is 9.25. The van der Waals surface area contributed by atoms with Crippen LogP contribution in [0.2, 0.25) is 5.02 Å². The fourth-order valence-electron chi connectivity index (χ4n) is 2.96. The van der Waals surface area contributed by atoms with Gasteiger partial charge in [-0.05, 0) is 25.5 Å². The van der Waals surface area contributed by atoms with E-state index in [0.717, 1.165) is 39.0 Å². The molecule has 0 radical (unpaired) electrons. The van der Waals surface area contributed by atoms with Crippen molar-refractivity contribution in [1.29, 1.82) is 0 Å². The Hall–Kier alpha value is -2.12. The Balaban J connectivity index is 1.49. The molecule has 1 aliphatic heterocycles. The molecule has 1 aromatic carbocycles. The lowest BCUT2D eigenvalue weighted by atomic mass is 10.2. The zero-order chi connectivity index (χ0) is 17.6. The van der Waals surface area contributed by atoms with Crippen molar-refractivity contribution in [2.24, 2.45) is 0 Å². The van der Waals surface area contributed by atoms with E-state index in [4.69, 9.17) is 21.1 Å². The lowest BCUT2D eigenvalue weighted by molar-refractivity contribution is 0.0736. The zero-order valence-electron chi connectivity index (χ0n) is 14.0. The first-order valence-electron chi connectivity index (χ1n) is 8.06. The fourth-order valence-corrected chi connectivity index (χ4v) is 4.32. The Kier molecular flexibility index (Phi) is 4.13. The molecular formula is C17H17ClN4O2S. The highest BCUT2D eigenvalue weighted by molar-refractivity contribution is 7.22. The summed E-state index contributed by atoms with van der Waals surface area (Å²) in [5.41, 5.74) is 2.45. The summed E-state index contributed by atoms with van der Waals surface area (Å²) in [6.45, 7) is 6.56. The van der Waals surface area contributed by atoms with E-state index in [9.17, 15) is 4.79 Å². The van der Waals surface area contributed by atoms with Crippen molar-refractivity contribution in [2.75, 3.05) is 31.1 Å². The number of anilines is 1. The molecule has 1 aliphatic rings. The number of carbonyl (C=O) groups excluding carboxylic acids is 1. The molecule has 0 saturated carbocycles. The van der Waals surface area contributed by atoms with Crippen molar-refractivity contribution in [3.63, 3.8) is 0 Å². The van der Waals surface area contributed by atoms with Crippen LogP contribution in [0, 0.1) is 13.8 Å². The molecule has 1 fully saturated rings. The molecule has 3 heterocycles. The summed E-state index contributed by atoms with van der Waals surface area (Å²) >= 11 is 7.91. The van der Waals surface area contributed by atoms with Gasteiger partial charge in [0.05, 0.1) is 15.2 Å². The Morgan fingerprint density at radius 1 is 1.24 bits per heavy atom. The maximum atomic E-state index is 12.4. The van der Waals surface area contributed by atoms with Gasteiger partial charge in [-0.15, -0.1) is 0 Å². The van der Waals surface area contributed by atoms with E-state index < -0.39 is 0 Å². The Labute approximate surface area is 154 Å². The van der Waals surface area contributed by atoms with E-state index in [-0.39, 0.29) is 5.91 Å². The van der Waals surface area contributed by atoms with E-state index in [0.29, 0.717) is 24.5 Å². The van der Waals surface area contributed by atoms with Crippen LogP contribution in [-0.2, 0) is 0 Å². The number of benzene rings is 1. The van der Waals surface area contributed by atoms with Crippen molar-refractivity contribution in [2.45, 2.75) is 13.8 Å². The van der Waals surface area contributed by atoms with Crippen LogP contribution in [0.15, 0.2) is 22.7 Å². The van der Waals surface area contributed by atoms with Crippen LogP contribution in [0.25, 0.3) is 10.2 Å². The minimum absolute atomic E-state index is 0.0836. The Morgan fingerprint density at radius 3 is 2.64 bits per heavy atom. The maximum Gasteiger partial charge on any atom is 0.276 e. The van der Waals surface area contributed by atoms with Crippen molar-refractivity contribution < 1.29 is 9.32 Å². The fraction of sp³-hybridized carbons (Fsp3) is 0.353. The van der Waals surface area contributed by atoms with Crippen LogP contribution in [0.3, 0.4) is 0 Å². The van der Waals surface area contributed by atoms with Gasteiger partial charge in [-0.1, -0.05) is 34.2 Å². The van der Waals surface area contributed by atoms with Gasteiger partial charge in [0.2, 0.25) is 0 Å². The van der Waals surface area contributed by atoms with Crippen molar-refractivity contribution in [3.8, 4) is 0 Å². The highest BCUT2D eigenvalue weighted by Gasteiger charge is 2.26. The number of thiazole rings is 1. The topological polar surface area (TPSA) is 62.5 Å². The predicted octanol–water partition coefficient (Wildman–Crippen LogP) is 3.52. The highest BCUT2D eigenvalue weighted by Crippen LogP contribution is 2.35. The van der Waals surface area contributed by atoms with Crippen LogP contribution in [0.1, 0.15) is 21.8 Å². The Morgan fingerprint density at radius 2 is 2.00 bits per heavy atom. The smallest absolute Gasteiger partial charge is 0.276 e. The molecule has 0 aliphatic carbocycles. The number of hydrogen-bond acceptors (Lipinski definition) is 6. The van der Waals surface area contributed by atoms with Gasteiger partial charge in [0.25, 0.3) is 5.91 Å². The summed E-state index contributed by atoms with van der Waals surface area (Å²) in [6, 6.07) is 5.58. The van der Waals surface area contributed by atoms with E-state index >= 15 is 0 Å². The third kappa shape index (κ3) is 2.98. The number of halogens is 1. The monoisotopic (exact) mass is 376 g/mol. The van der Waals surface area contributed by atoms with Crippen LogP contribution >= 0.6 is 22.9 Å². The van der Waals surface area contributed by atoms with Crippen LogP contribution in [0.5, 0.6) is 0 Å². The quantitative estimate of drug-likeness (QED) is 0.684.